The summed E-state index contributed by atoms with van der Waals surface area (Å²) in [6.45, 7) is 2.20. The second kappa shape index (κ2) is 10.9. The van der Waals surface area contributed by atoms with Gasteiger partial charge in [-0.3, -0.25) is 14.5 Å². The Bertz CT molecular complexity index is 1480. The third-order valence-electron chi connectivity index (χ3n) is 6.24. The zero-order valence-electron chi connectivity index (χ0n) is 20.4. The molecule has 0 aliphatic heterocycles. The summed E-state index contributed by atoms with van der Waals surface area (Å²) in [7, 11) is 0. The lowest BCUT2D eigenvalue weighted by Gasteiger charge is -2.31. The molecule has 2 amide bonds. The summed E-state index contributed by atoms with van der Waals surface area (Å²) in [6, 6.07) is 27.1. The summed E-state index contributed by atoms with van der Waals surface area (Å²) < 4.78 is 6.95. The van der Waals surface area contributed by atoms with E-state index in [0.29, 0.717) is 22.5 Å². The van der Waals surface area contributed by atoms with E-state index < -0.39 is 6.04 Å². The number of para-hydroxylation sites is 1. The highest BCUT2D eigenvalue weighted by atomic mass is 16.3. The first kappa shape index (κ1) is 24.0. The second-order valence-corrected chi connectivity index (χ2v) is 8.63. The summed E-state index contributed by atoms with van der Waals surface area (Å²) in [6.07, 6.45) is 2.43. The molecule has 5 rings (SSSR count). The summed E-state index contributed by atoms with van der Waals surface area (Å²) in [5.74, 6) is 0.0142. The Morgan fingerprint density at radius 3 is 2.43 bits per heavy atom. The molecule has 2 aromatic heterocycles. The van der Waals surface area contributed by atoms with E-state index in [0.717, 1.165) is 17.5 Å². The van der Waals surface area contributed by atoms with Crippen LogP contribution in [0.4, 0.5) is 5.69 Å². The molecule has 0 spiro atoms. The Labute approximate surface area is 214 Å². The Hall–Kier alpha value is -4.72. The number of carbonyl (C=O) groups is 2. The number of aromatic nitrogens is 3. The van der Waals surface area contributed by atoms with E-state index in [-0.39, 0.29) is 24.9 Å². The molecule has 0 saturated carbocycles. The number of hydrogen-bond donors (Lipinski definition) is 1. The van der Waals surface area contributed by atoms with Crippen LogP contribution in [0.2, 0.25) is 0 Å². The molecule has 0 aliphatic rings. The highest BCUT2D eigenvalue weighted by Gasteiger charge is 2.33. The van der Waals surface area contributed by atoms with Gasteiger partial charge in [0.2, 0.25) is 11.8 Å². The molecule has 0 bridgehead atoms. The van der Waals surface area contributed by atoms with Crippen LogP contribution < -0.4 is 10.2 Å². The van der Waals surface area contributed by atoms with Crippen LogP contribution in [0.1, 0.15) is 29.9 Å². The van der Waals surface area contributed by atoms with Gasteiger partial charge in [0, 0.05) is 5.69 Å². The van der Waals surface area contributed by atoms with E-state index in [2.05, 4.69) is 22.6 Å². The summed E-state index contributed by atoms with van der Waals surface area (Å²) in [5, 5.41) is 11.3. The van der Waals surface area contributed by atoms with Crippen molar-refractivity contribution >= 4 is 28.5 Å². The first-order valence-corrected chi connectivity index (χ1v) is 12.2. The predicted molar refractivity (Wildman–Crippen MR) is 141 cm³/mol. The van der Waals surface area contributed by atoms with Crippen molar-refractivity contribution in [2.45, 2.75) is 32.5 Å². The molecule has 0 saturated heterocycles. The van der Waals surface area contributed by atoms with Gasteiger partial charge in [0.1, 0.15) is 23.9 Å². The summed E-state index contributed by atoms with van der Waals surface area (Å²) in [5.41, 5.74) is 3.89. The van der Waals surface area contributed by atoms with E-state index in [1.54, 1.807) is 28.0 Å². The molecule has 37 heavy (non-hydrogen) atoms. The highest BCUT2D eigenvalue weighted by Crippen LogP contribution is 2.29. The topological polar surface area (TPSA) is 93.3 Å². The van der Waals surface area contributed by atoms with Crippen molar-refractivity contribution in [1.82, 2.24) is 20.3 Å². The number of aryl methyl sites for hydroxylation is 1. The molecule has 0 fully saturated rings. The third kappa shape index (κ3) is 5.28. The minimum Gasteiger partial charge on any atom is -0.467 e. The Morgan fingerprint density at radius 2 is 1.70 bits per heavy atom. The van der Waals surface area contributed by atoms with Gasteiger partial charge in [-0.1, -0.05) is 66.7 Å². The zero-order valence-corrected chi connectivity index (χ0v) is 20.4. The van der Waals surface area contributed by atoms with Gasteiger partial charge in [-0.15, -0.1) is 5.10 Å². The highest BCUT2D eigenvalue weighted by molar-refractivity contribution is 6.01. The number of fused-ring (bicyclic) bond motifs is 1. The number of carbonyl (C=O) groups excluding carboxylic acids is 2. The minimum absolute atomic E-state index is 0.0785. The quantitative estimate of drug-likeness (QED) is 0.322. The van der Waals surface area contributed by atoms with Crippen LogP contribution in [0.25, 0.3) is 11.0 Å². The lowest BCUT2D eigenvalue weighted by atomic mass is 10.0. The van der Waals surface area contributed by atoms with Crippen molar-refractivity contribution in [2.75, 3.05) is 4.90 Å². The molecule has 1 N–H and O–H groups in total. The number of benzene rings is 3. The van der Waals surface area contributed by atoms with Crippen molar-refractivity contribution in [3.63, 3.8) is 0 Å². The van der Waals surface area contributed by atoms with Crippen molar-refractivity contribution in [1.29, 1.82) is 0 Å². The normalized spacial score (nSPS) is 11.8. The number of rotatable bonds is 9. The van der Waals surface area contributed by atoms with E-state index in [9.17, 15) is 9.59 Å². The Kier molecular flexibility index (Phi) is 7.07. The number of furan rings is 1. The molecular weight excluding hydrogens is 466 g/mol. The number of hydrogen-bond acceptors (Lipinski definition) is 5. The third-order valence-corrected chi connectivity index (χ3v) is 6.24. The van der Waals surface area contributed by atoms with Gasteiger partial charge in [0.15, 0.2) is 0 Å². The fraction of sp³-hybridized carbons (Fsp3) is 0.172. The van der Waals surface area contributed by atoms with Gasteiger partial charge in [0.05, 0.1) is 18.3 Å². The lowest BCUT2D eigenvalue weighted by molar-refractivity contribution is -0.127. The molecule has 186 valence electrons. The smallest absolute Gasteiger partial charge is 0.249 e. The number of nitrogens with one attached hydrogen (secondary N) is 1. The van der Waals surface area contributed by atoms with Gasteiger partial charge in [-0.2, -0.15) is 0 Å². The van der Waals surface area contributed by atoms with Crippen molar-refractivity contribution in [2.24, 2.45) is 0 Å². The average molecular weight is 494 g/mol. The largest absolute Gasteiger partial charge is 0.467 e. The Morgan fingerprint density at radius 1 is 0.946 bits per heavy atom. The van der Waals surface area contributed by atoms with Crippen LogP contribution in [0.15, 0.2) is 102 Å². The van der Waals surface area contributed by atoms with Crippen LogP contribution in [0.3, 0.4) is 0 Å². The monoisotopic (exact) mass is 493 g/mol. The molecule has 0 unspecified atom stereocenters. The van der Waals surface area contributed by atoms with Gasteiger partial charge in [-0.25, -0.2) is 4.68 Å². The number of anilines is 1. The molecule has 5 aromatic rings. The zero-order chi connectivity index (χ0) is 25.6. The van der Waals surface area contributed by atoms with Crippen molar-refractivity contribution in [3.05, 3.63) is 114 Å². The first-order chi connectivity index (χ1) is 18.1. The van der Waals surface area contributed by atoms with Crippen molar-refractivity contribution < 1.29 is 14.0 Å². The van der Waals surface area contributed by atoms with Gasteiger partial charge < -0.3 is 9.73 Å². The van der Waals surface area contributed by atoms with Crippen LogP contribution in [0.5, 0.6) is 0 Å². The second-order valence-electron chi connectivity index (χ2n) is 8.63. The Balaban J connectivity index is 1.54. The maximum Gasteiger partial charge on any atom is 0.249 e. The van der Waals surface area contributed by atoms with E-state index in [1.165, 1.54) is 0 Å². The molecule has 0 aliphatic carbocycles. The molecule has 8 heteroatoms. The molecular formula is C29H27N5O3. The molecule has 3 aromatic carbocycles. The lowest BCUT2D eigenvalue weighted by Crippen LogP contribution is -2.45. The molecule has 0 radical (unpaired) electrons. The van der Waals surface area contributed by atoms with Gasteiger partial charge >= 0.3 is 0 Å². The first-order valence-electron chi connectivity index (χ1n) is 12.2. The maximum atomic E-state index is 14.0. The van der Waals surface area contributed by atoms with Crippen LogP contribution >= 0.6 is 0 Å². The van der Waals surface area contributed by atoms with E-state index in [4.69, 9.17) is 4.42 Å². The SMILES string of the molecule is CCc1ccc(N(C(=O)Cn2nnc3ccccc32)[C@H](C(=O)NCc2ccco2)c2ccccc2)cc1. The molecule has 8 nitrogen and oxygen atoms in total. The maximum absolute atomic E-state index is 14.0. The van der Waals surface area contributed by atoms with Crippen LogP contribution in [0, 0.1) is 0 Å². The fourth-order valence-corrected chi connectivity index (χ4v) is 4.30. The summed E-state index contributed by atoms with van der Waals surface area (Å²) in [4.78, 5) is 29.3. The average Bonchev–Trinajstić information content (AvgIpc) is 3.61. The summed E-state index contributed by atoms with van der Waals surface area (Å²) >= 11 is 0. The van der Waals surface area contributed by atoms with E-state index in [1.807, 2.05) is 78.9 Å². The van der Waals surface area contributed by atoms with Gasteiger partial charge in [-0.05, 0) is 53.9 Å². The minimum atomic E-state index is -0.911. The van der Waals surface area contributed by atoms with Crippen molar-refractivity contribution in [3.8, 4) is 0 Å². The van der Waals surface area contributed by atoms with E-state index >= 15 is 0 Å². The number of nitrogens with zero attached hydrogens (tertiary/aromatic N) is 4. The predicted octanol–water partition coefficient (Wildman–Crippen LogP) is 4.68. The van der Waals surface area contributed by atoms with Crippen LogP contribution in [-0.2, 0) is 29.1 Å². The number of amides is 2. The van der Waals surface area contributed by atoms with Gasteiger partial charge in [0.25, 0.3) is 0 Å². The fourth-order valence-electron chi connectivity index (χ4n) is 4.30. The molecule has 1 atom stereocenters. The van der Waals surface area contributed by atoms with Crippen LogP contribution in [-0.4, -0.2) is 26.8 Å². The standard InChI is InChI=1S/C29H27N5O3/c1-2-21-14-16-23(17-15-21)34(27(35)20-33-26-13-7-6-12-25(26)31-32-33)28(22-9-4-3-5-10-22)29(36)30-19-24-11-8-18-37-24/h3-18,28H,2,19-20H2,1H3,(H,30,36)/t28-/m0/s1. The molecule has 2 heterocycles.